The number of hydrogen-bond donors (Lipinski definition) is 2. The molecule has 2 amide bonds. The Bertz CT molecular complexity index is 1110. The second-order valence-electron chi connectivity index (χ2n) is 6.44. The third kappa shape index (κ3) is 4.61. The van der Waals surface area contributed by atoms with Crippen molar-refractivity contribution < 1.29 is 19.2 Å². The summed E-state index contributed by atoms with van der Waals surface area (Å²) in [5.74, 6) is -0.540. The topological polar surface area (TPSA) is 111 Å². The van der Waals surface area contributed by atoms with Gasteiger partial charge in [-0.3, -0.25) is 19.7 Å². The lowest BCUT2D eigenvalue weighted by Gasteiger charge is -2.12. The number of anilines is 2. The summed E-state index contributed by atoms with van der Waals surface area (Å²) in [5, 5.41) is 16.6. The van der Waals surface area contributed by atoms with Crippen molar-refractivity contribution in [2.75, 3.05) is 17.7 Å². The van der Waals surface area contributed by atoms with Crippen LogP contribution in [0.1, 0.15) is 26.3 Å². The number of benzene rings is 3. The Morgan fingerprint density at radius 1 is 0.867 bits per heavy atom. The molecule has 152 valence electrons. The zero-order valence-electron chi connectivity index (χ0n) is 16.3. The van der Waals surface area contributed by atoms with Crippen LogP contribution in [0.3, 0.4) is 0 Å². The highest BCUT2D eigenvalue weighted by Gasteiger charge is 2.19. The number of rotatable bonds is 6. The van der Waals surface area contributed by atoms with Crippen molar-refractivity contribution in [3.63, 3.8) is 0 Å². The van der Waals surface area contributed by atoms with Gasteiger partial charge in [0, 0.05) is 16.8 Å². The maximum absolute atomic E-state index is 12.7. The molecule has 0 aliphatic heterocycles. The fourth-order valence-electron chi connectivity index (χ4n) is 2.77. The molecule has 0 aliphatic rings. The number of carbonyl (C=O) groups is 2. The fourth-order valence-corrected chi connectivity index (χ4v) is 2.77. The Balaban J connectivity index is 1.83. The molecule has 0 unspecified atom stereocenters. The molecule has 0 spiro atoms. The van der Waals surface area contributed by atoms with Gasteiger partial charge >= 0.3 is 0 Å². The molecule has 2 N–H and O–H groups in total. The van der Waals surface area contributed by atoms with E-state index in [4.69, 9.17) is 4.74 Å². The molecule has 3 aromatic carbocycles. The minimum Gasteiger partial charge on any atom is -0.496 e. The van der Waals surface area contributed by atoms with Crippen LogP contribution in [0, 0.1) is 17.0 Å². The monoisotopic (exact) mass is 405 g/mol. The Morgan fingerprint density at radius 2 is 1.53 bits per heavy atom. The molecule has 0 saturated heterocycles. The molecule has 0 aliphatic carbocycles. The van der Waals surface area contributed by atoms with Crippen molar-refractivity contribution >= 4 is 28.9 Å². The number of hydrogen-bond acceptors (Lipinski definition) is 5. The maximum Gasteiger partial charge on any atom is 0.296 e. The van der Waals surface area contributed by atoms with Crippen LogP contribution in [0.2, 0.25) is 0 Å². The molecule has 0 heterocycles. The first-order valence-electron chi connectivity index (χ1n) is 9.00. The molecule has 0 atom stereocenters. The van der Waals surface area contributed by atoms with Crippen molar-refractivity contribution in [3.05, 3.63) is 93.5 Å². The second-order valence-corrected chi connectivity index (χ2v) is 6.44. The minimum atomic E-state index is -0.598. The van der Waals surface area contributed by atoms with E-state index >= 15 is 0 Å². The molecule has 30 heavy (non-hydrogen) atoms. The van der Waals surface area contributed by atoms with Crippen LogP contribution in [0.15, 0.2) is 66.7 Å². The minimum absolute atomic E-state index is 0.0428. The third-order valence-corrected chi connectivity index (χ3v) is 4.43. The van der Waals surface area contributed by atoms with Gasteiger partial charge in [0.15, 0.2) is 0 Å². The van der Waals surface area contributed by atoms with E-state index in [1.807, 2.05) is 6.07 Å². The lowest BCUT2D eigenvalue weighted by Crippen LogP contribution is -2.16. The van der Waals surface area contributed by atoms with E-state index in [-0.39, 0.29) is 22.8 Å². The zero-order valence-corrected chi connectivity index (χ0v) is 16.3. The Hall–Kier alpha value is -4.20. The predicted octanol–water partition coefficient (Wildman–Crippen LogP) is 4.42. The van der Waals surface area contributed by atoms with Crippen LogP contribution >= 0.6 is 0 Å². The first-order valence-corrected chi connectivity index (χ1v) is 9.00. The molecular formula is C22H19N3O5. The van der Waals surface area contributed by atoms with Crippen LogP contribution in [0.5, 0.6) is 5.75 Å². The van der Waals surface area contributed by atoms with Crippen LogP contribution in [0.4, 0.5) is 17.1 Å². The summed E-state index contributed by atoms with van der Waals surface area (Å²) < 4.78 is 4.99. The number of carbonyl (C=O) groups excluding carboxylic acids is 2. The highest BCUT2D eigenvalue weighted by atomic mass is 16.6. The average molecular weight is 405 g/mol. The predicted molar refractivity (Wildman–Crippen MR) is 113 cm³/mol. The SMILES string of the molecule is COc1ccc(NC(=O)c2ccc(C)c(NC(=O)c3ccccc3)c2)c([N+](=O)[O-])c1. The van der Waals surface area contributed by atoms with Crippen LogP contribution in [-0.2, 0) is 0 Å². The summed E-state index contributed by atoms with van der Waals surface area (Å²) in [6.07, 6.45) is 0. The van der Waals surface area contributed by atoms with E-state index in [9.17, 15) is 19.7 Å². The zero-order chi connectivity index (χ0) is 21.7. The Labute approximate surface area is 172 Å². The highest BCUT2D eigenvalue weighted by Crippen LogP contribution is 2.29. The molecule has 0 aromatic heterocycles. The molecule has 0 saturated carbocycles. The average Bonchev–Trinajstić information content (AvgIpc) is 2.75. The summed E-state index contributed by atoms with van der Waals surface area (Å²) in [5.41, 5.74) is 1.73. The Morgan fingerprint density at radius 3 is 2.20 bits per heavy atom. The standard InChI is InChI=1S/C22H19N3O5/c1-14-8-9-16(12-19(14)24-21(26)15-6-4-3-5-7-15)22(27)23-18-11-10-17(30-2)13-20(18)25(28)29/h3-13H,1-2H3,(H,23,27)(H,24,26). The number of nitro benzene ring substituents is 1. The quantitative estimate of drug-likeness (QED) is 0.466. The lowest BCUT2D eigenvalue weighted by molar-refractivity contribution is -0.384. The smallest absolute Gasteiger partial charge is 0.296 e. The van der Waals surface area contributed by atoms with Crippen LogP contribution < -0.4 is 15.4 Å². The van der Waals surface area contributed by atoms with E-state index in [2.05, 4.69) is 10.6 Å². The number of nitrogens with one attached hydrogen (secondary N) is 2. The van der Waals surface area contributed by atoms with Crippen molar-refractivity contribution in [2.45, 2.75) is 6.92 Å². The van der Waals surface area contributed by atoms with E-state index in [1.54, 1.807) is 43.3 Å². The summed E-state index contributed by atoms with van der Waals surface area (Å²) in [6, 6.07) is 17.7. The van der Waals surface area contributed by atoms with Gasteiger partial charge in [-0.15, -0.1) is 0 Å². The van der Waals surface area contributed by atoms with Gasteiger partial charge < -0.3 is 15.4 Å². The number of methoxy groups -OCH3 is 1. The number of aryl methyl sites for hydroxylation is 1. The first-order chi connectivity index (χ1) is 14.4. The normalized spacial score (nSPS) is 10.2. The number of nitrogens with zero attached hydrogens (tertiary/aromatic N) is 1. The third-order valence-electron chi connectivity index (χ3n) is 4.43. The van der Waals surface area contributed by atoms with Crippen molar-refractivity contribution in [3.8, 4) is 5.75 Å². The summed E-state index contributed by atoms with van der Waals surface area (Å²) in [6.45, 7) is 1.80. The van der Waals surface area contributed by atoms with Gasteiger partial charge in [-0.1, -0.05) is 24.3 Å². The number of ether oxygens (including phenoxy) is 1. The van der Waals surface area contributed by atoms with Crippen molar-refractivity contribution in [1.29, 1.82) is 0 Å². The summed E-state index contributed by atoms with van der Waals surface area (Å²) >= 11 is 0. The van der Waals surface area contributed by atoms with Gasteiger partial charge in [-0.25, -0.2) is 0 Å². The van der Waals surface area contributed by atoms with Gasteiger partial charge in [-0.2, -0.15) is 0 Å². The molecular weight excluding hydrogens is 386 g/mol. The lowest BCUT2D eigenvalue weighted by atomic mass is 10.1. The van der Waals surface area contributed by atoms with Gasteiger partial charge in [0.1, 0.15) is 11.4 Å². The van der Waals surface area contributed by atoms with Crippen molar-refractivity contribution in [2.24, 2.45) is 0 Å². The van der Waals surface area contributed by atoms with Crippen LogP contribution in [0.25, 0.3) is 0 Å². The summed E-state index contributed by atoms with van der Waals surface area (Å²) in [4.78, 5) is 35.8. The van der Waals surface area contributed by atoms with Gasteiger partial charge in [0.2, 0.25) is 0 Å². The first kappa shape index (κ1) is 20.5. The molecule has 3 rings (SSSR count). The van der Waals surface area contributed by atoms with Gasteiger partial charge in [0.25, 0.3) is 17.5 Å². The largest absolute Gasteiger partial charge is 0.496 e. The second kappa shape index (κ2) is 8.87. The Kier molecular flexibility index (Phi) is 6.07. The molecule has 8 nitrogen and oxygen atoms in total. The van der Waals surface area contributed by atoms with Crippen molar-refractivity contribution in [1.82, 2.24) is 0 Å². The van der Waals surface area contributed by atoms with E-state index in [0.29, 0.717) is 17.0 Å². The van der Waals surface area contributed by atoms with Crippen LogP contribution in [-0.4, -0.2) is 23.8 Å². The van der Waals surface area contributed by atoms with E-state index in [0.717, 1.165) is 5.56 Å². The molecule has 3 aromatic rings. The number of amides is 2. The van der Waals surface area contributed by atoms with Gasteiger partial charge in [-0.05, 0) is 48.9 Å². The van der Waals surface area contributed by atoms with Gasteiger partial charge in [0.05, 0.1) is 18.1 Å². The summed E-state index contributed by atoms with van der Waals surface area (Å²) in [7, 11) is 1.40. The molecule has 0 fully saturated rings. The number of nitro groups is 1. The molecule has 8 heteroatoms. The van der Waals surface area contributed by atoms with E-state index in [1.165, 1.54) is 31.4 Å². The maximum atomic E-state index is 12.7. The van der Waals surface area contributed by atoms with E-state index < -0.39 is 10.8 Å². The molecule has 0 bridgehead atoms. The highest BCUT2D eigenvalue weighted by molar-refractivity contribution is 6.08. The fraction of sp³-hybridized carbons (Fsp3) is 0.0909. The molecule has 0 radical (unpaired) electrons.